The van der Waals surface area contributed by atoms with Gasteiger partial charge in [0.25, 0.3) is 0 Å². The molecule has 3 saturated carbocycles. The smallest absolute Gasteiger partial charge is 0.0128 e. The molecule has 0 aromatic rings. The Labute approximate surface area is 68.5 Å². The summed E-state index contributed by atoms with van der Waals surface area (Å²) in [5.41, 5.74) is 2.82. The molecule has 3 aliphatic carbocycles. The van der Waals surface area contributed by atoms with Crippen LogP contribution in [0.15, 0.2) is 0 Å². The average Bonchev–Trinajstić information content (AvgIpc) is 2.07. The molecule has 2 bridgehead atoms. The average molecular weight is 154 g/mol. The molecule has 64 valence electrons. The molecule has 1 atom stereocenters. The second-order valence-corrected chi connectivity index (χ2v) is 4.18. The monoisotopic (exact) mass is 154 g/mol. The van der Waals surface area contributed by atoms with Gasteiger partial charge in [0, 0.05) is 6.54 Å². The predicted molar refractivity (Wildman–Crippen MR) is 45.7 cm³/mol. The molecular formula is C9H18N2. The predicted octanol–water partition coefficient (Wildman–Crippen LogP) is 1.28. The van der Waals surface area contributed by atoms with Crippen LogP contribution in [0.2, 0.25) is 0 Å². The number of fused-ring (bicyclic) bond motifs is 3. The van der Waals surface area contributed by atoms with Crippen LogP contribution in [-0.4, -0.2) is 6.54 Å². The van der Waals surface area contributed by atoms with Crippen molar-refractivity contribution in [3.63, 3.8) is 0 Å². The number of nitrogens with two attached hydrogens (primary N) is 1. The molecular weight excluding hydrogens is 136 g/mol. The van der Waals surface area contributed by atoms with E-state index in [1.807, 2.05) is 0 Å². The summed E-state index contributed by atoms with van der Waals surface area (Å²) >= 11 is 0. The summed E-state index contributed by atoms with van der Waals surface area (Å²) in [6.07, 6.45) is 7.36. The van der Waals surface area contributed by atoms with E-state index in [0.717, 1.165) is 24.3 Å². The van der Waals surface area contributed by atoms with Gasteiger partial charge in [-0.1, -0.05) is 12.8 Å². The summed E-state index contributed by atoms with van der Waals surface area (Å²) in [6, 6.07) is 0. The zero-order valence-corrected chi connectivity index (χ0v) is 7.05. The van der Waals surface area contributed by atoms with Gasteiger partial charge in [0.2, 0.25) is 0 Å². The summed E-state index contributed by atoms with van der Waals surface area (Å²) in [6.45, 7) is 1.04. The molecule has 0 spiro atoms. The summed E-state index contributed by atoms with van der Waals surface area (Å²) in [5, 5.41) is 0. The number of hydrogen-bond acceptors (Lipinski definition) is 2. The Balaban J connectivity index is 1.92. The lowest BCUT2D eigenvalue weighted by Gasteiger charge is -2.42. The van der Waals surface area contributed by atoms with Crippen LogP contribution in [0.3, 0.4) is 0 Å². The highest BCUT2D eigenvalue weighted by atomic mass is 15.2. The van der Waals surface area contributed by atoms with E-state index < -0.39 is 0 Å². The van der Waals surface area contributed by atoms with Gasteiger partial charge in [0.15, 0.2) is 0 Å². The van der Waals surface area contributed by atoms with Crippen LogP contribution < -0.4 is 11.3 Å². The van der Waals surface area contributed by atoms with Crippen molar-refractivity contribution >= 4 is 0 Å². The summed E-state index contributed by atoms with van der Waals surface area (Å²) in [4.78, 5) is 0. The number of hydrazine groups is 1. The fourth-order valence-corrected chi connectivity index (χ4v) is 2.92. The molecule has 0 aliphatic heterocycles. The Bertz CT molecular complexity index is 128. The third-order valence-electron chi connectivity index (χ3n) is 3.57. The maximum Gasteiger partial charge on any atom is 0.0128 e. The van der Waals surface area contributed by atoms with Crippen molar-refractivity contribution in [2.75, 3.05) is 6.54 Å². The lowest BCUT2D eigenvalue weighted by atomic mass is 9.65. The molecule has 0 amide bonds. The molecule has 0 radical (unpaired) electrons. The zero-order valence-electron chi connectivity index (χ0n) is 7.05. The molecule has 0 heterocycles. The van der Waals surface area contributed by atoms with Gasteiger partial charge in [-0.3, -0.25) is 11.3 Å². The van der Waals surface area contributed by atoms with Crippen molar-refractivity contribution in [3.8, 4) is 0 Å². The lowest BCUT2D eigenvalue weighted by Crippen LogP contribution is -2.39. The molecule has 1 unspecified atom stereocenters. The molecule has 3 aliphatic rings. The molecule has 0 aromatic carbocycles. The molecule has 11 heavy (non-hydrogen) atoms. The Kier molecular flexibility index (Phi) is 2.14. The molecule has 0 aromatic heterocycles. The van der Waals surface area contributed by atoms with Crippen molar-refractivity contribution in [1.29, 1.82) is 0 Å². The van der Waals surface area contributed by atoms with Crippen molar-refractivity contribution < 1.29 is 0 Å². The van der Waals surface area contributed by atoms with E-state index in [-0.39, 0.29) is 0 Å². The topological polar surface area (TPSA) is 38.0 Å². The molecule has 2 heteroatoms. The molecule has 0 saturated heterocycles. The van der Waals surface area contributed by atoms with Crippen LogP contribution in [0.1, 0.15) is 32.1 Å². The van der Waals surface area contributed by atoms with Crippen LogP contribution in [0.25, 0.3) is 0 Å². The van der Waals surface area contributed by atoms with Gasteiger partial charge in [-0.15, -0.1) is 0 Å². The van der Waals surface area contributed by atoms with E-state index in [1.54, 1.807) is 0 Å². The minimum Gasteiger partial charge on any atom is -0.271 e. The van der Waals surface area contributed by atoms with E-state index >= 15 is 0 Å². The van der Waals surface area contributed by atoms with Crippen LogP contribution in [0.5, 0.6) is 0 Å². The van der Waals surface area contributed by atoms with Crippen molar-refractivity contribution in [2.24, 2.45) is 23.6 Å². The third kappa shape index (κ3) is 1.42. The third-order valence-corrected chi connectivity index (χ3v) is 3.57. The van der Waals surface area contributed by atoms with E-state index in [2.05, 4.69) is 5.43 Å². The van der Waals surface area contributed by atoms with Crippen molar-refractivity contribution in [2.45, 2.75) is 32.1 Å². The lowest BCUT2D eigenvalue weighted by molar-refractivity contribution is 0.0984. The highest BCUT2D eigenvalue weighted by Gasteiger charge is 2.34. The van der Waals surface area contributed by atoms with Crippen LogP contribution >= 0.6 is 0 Å². The van der Waals surface area contributed by atoms with Crippen molar-refractivity contribution in [3.05, 3.63) is 0 Å². The van der Waals surface area contributed by atoms with Crippen LogP contribution in [0, 0.1) is 17.8 Å². The summed E-state index contributed by atoms with van der Waals surface area (Å²) in [5.74, 6) is 8.27. The fourth-order valence-electron chi connectivity index (χ4n) is 2.92. The van der Waals surface area contributed by atoms with E-state index in [4.69, 9.17) is 5.84 Å². The maximum absolute atomic E-state index is 5.34. The first kappa shape index (κ1) is 7.56. The Morgan fingerprint density at radius 3 is 2.36 bits per heavy atom. The van der Waals surface area contributed by atoms with Gasteiger partial charge in [0.05, 0.1) is 0 Å². The van der Waals surface area contributed by atoms with Crippen molar-refractivity contribution in [1.82, 2.24) is 5.43 Å². The zero-order chi connectivity index (χ0) is 7.68. The highest BCUT2D eigenvalue weighted by Crippen LogP contribution is 2.44. The Hall–Kier alpha value is -0.0800. The van der Waals surface area contributed by atoms with Gasteiger partial charge in [0.1, 0.15) is 0 Å². The highest BCUT2D eigenvalue weighted by molar-refractivity contribution is 4.86. The number of nitrogens with one attached hydrogen (secondary N) is 1. The molecule has 3 rings (SSSR count). The Morgan fingerprint density at radius 1 is 1.18 bits per heavy atom. The standard InChI is InChI=1S/C9H18N2/c10-11-6-9-5-7-1-3-8(9)4-2-7/h7-9,11H,1-6,10H2. The minimum absolute atomic E-state index is 0.896. The molecule has 3 N–H and O–H groups in total. The summed E-state index contributed by atoms with van der Waals surface area (Å²) < 4.78 is 0. The van der Waals surface area contributed by atoms with Crippen LogP contribution in [-0.2, 0) is 0 Å². The largest absolute Gasteiger partial charge is 0.271 e. The maximum atomic E-state index is 5.34. The second kappa shape index (κ2) is 3.11. The first-order valence-corrected chi connectivity index (χ1v) is 4.83. The van der Waals surface area contributed by atoms with Crippen LogP contribution in [0.4, 0.5) is 0 Å². The SMILES string of the molecule is NNCC1CC2CCC1CC2. The second-order valence-electron chi connectivity index (χ2n) is 4.18. The van der Waals surface area contributed by atoms with E-state index in [0.29, 0.717) is 0 Å². The van der Waals surface area contributed by atoms with Gasteiger partial charge in [-0.2, -0.15) is 0 Å². The van der Waals surface area contributed by atoms with E-state index in [1.165, 1.54) is 32.1 Å². The van der Waals surface area contributed by atoms with Gasteiger partial charge in [-0.05, 0) is 37.0 Å². The van der Waals surface area contributed by atoms with Gasteiger partial charge >= 0.3 is 0 Å². The fraction of sp³-hybridized carbons (Fsp3) is 1.00. The number of hydrogen-bond donors (Lipinski definition) is 2. The molecule has 2 nitrogen and oxygen atoms in total. The summed E-state index contributed by atoms with van der Waals surface area (Å²) in [7, 11) is 0. The first-order valence-electron chi connectivity index (χ1n) is 4.83. The quantitative estimate of drug-likeness (QED) is 0.464. The Morgan fingerprint density at radius 2 is 1.91 bits per heavy atom. The van der Waals surface area contributed by atoms with Gasteiger partial charge < -0.3 is 0 Å². The normalized spacial score (nSPS) is 42.8. The van der Waals surface area contributed by atoms with E-state index in [9.17, 15) is 0 Å². The van der Waals surface area contributed by atoms with Gasteiger partial charge in [-0.25, -0.2) is 0 Å². The first-order chi connectivity index (χ1) is 5.40. The number of rotatable bonds is 2. The minimum atomic E-state index is 0.896. The molecule has 3 fully saturated rings.